The van der Waals surface area contributed by atoms with Crippen LogP contribution in [0.2, 0.25) is 0 Å². The molecule has 1 aliphatic heterocycles. The van der Waals surface area contributed by atoms with Crippen molar-refractivity contribution >= 4 is 27.3 Å². The molecule has 26 heavy (non-hydrogen) atoms. The van der Waals surface area contributed by atoms with E-state index in [4.69, 9.17) is 9.47 Å². The molecule has 0 saturated carbocycles. The van der Waals surface area contributed by atoms with Gasteiger partial charge in [0, 0.05) is 34.9 Å². The highest BCUT2D eigenvalue weighted by Gasteiger charge is 2.23. The lowest BCUT2D eigenvalue weighted by Gasteiger charge is -2.19. The third-order valence-corrected chi connectivity index (χ3v) is 5.49. The van der Waals surface area contributed by atoms with Crippen LogP contribution in [0.5, 0.6) is 11.5 Å². The molecular weight excluding hydrogens is 350 g/mol. The van der Waals surface area contributed by atoms with E-state index < -0.39 is 0 Å². The molecule has 0 radical (unpaired) electrons. The molecule has 4 rings (SSSR count). The second-order valence-electron chi connectivity index (χ2n) is 6.23. The summed E-state index contributed by atoms with van der Waals surface area (Å²) in [5.41, 5.74) is 2.79. The number of amides is 1. The molecule has 1 aromatic heterocycles. The molecule has 2 heterocycles. The maximum Gasteiger partial charge on any atom is 0.248 e. The fourth-order valence-electron chi connectivity index (χ4n) is 3.28. The van der Waals surface area contributed by atoms with Crippen molar-refractivity contribution in [3.63, 3.8) is 0 Å². The van der Waals surface area contributed by atoms with E-state index in [-0.39, 0.29) is 18.3 Å². The highest BCUT2D eigenvalue weighted by molar-refractivity contribution is 7.17. The second-order valence-corrected chi connectivity index (χ2v) is 7.14. The zero-order valence-corrected chi connectivity index (χ0v) is 15.2. The van der Waals surface area contributed by atoms with Gasteiger partial charge in [0.1, 0.15) is 13.2 Å². The number of carbonyl (C=O) groups excluding carboxylic acids is 1. The van der Waals surface area contributed by atoms with Crippen molar-refractivity contribution in [2.45, 2.75) is 6.54 Å². The van der Waals surface area contributed by atoms with Gasteiger partial charge in [-0.05, 0) is 29.1 Å². The highest BCUT2D eigenvalue weighted by Crippen LogP contribution is 2.41. The first-order valence-corrected chi connectivity index (χ1v) is 9.27. The minimum atomic E-state index is -0.0881. The summed E-state index contributed by atoms with van der Waals surface area (Å²) in [6.07, 6.45) is 0. The zero-order chi connectivity index (χ0) is 18.1. The fraction of sp³-hybridized carbons (Fsp3) is 0.250. The van der Waals surface area contributed by atoms with Gasteiger partial charge in [0.15, 0.2) is 11.5 Å². The Morgan fingerprint density at radius 1 is 1.35 bits per heavy atom. The van der Waals surface area contributed by atoms with Crippen molar-refractivity contribution in [1.82, 2.24) is 4.90 Å². The number of methoxy groups -OCH3 is 1. The quantitative estimate of drug-likeness (QED) is 0.766. The van der Waals surface area contributed by atoms with E-state index in [9.17, 15) is 9.90 Å². The molecule has 6 heteroatoms. The van der Waals surface area contributed by atoms with Crippen LogP contribution in [0.15, 0.2) is 41.8 Å². The van der Waals surface area contributed by atoms with Crippen molar-refractivity contribution in [2.75, 3.05) is 26.9 Å². The summed E-state index contributed by atoms with van der Waals surface area (Å²) in [5, 5.41) is 13.8. The van der Waals surface area contributed by atoms with Crippen molar-refractivity contribution in [1.29, 1.82) is 0 Å². The zero-order valence-electron chi connectivity index (χ0n) is 14.4. The number of benzene rings is 2. The summed E-state index contributed by atoms with van der Waals surface area (Å²) in [5.74, 6) is 0.477. The predicted molar refractivity (Wildman–Crippen MR) is 102 cm³/mol. The molecular formula is C20H19NO4S. The number of hydrogen-bond acceptors (Lipinski definition) is 5. The number of ether oxygens (including phenoxy) is 2. The van der Waals surface area contributed by atoms with Crippen LogP contribution in [0.1, 0.15) is 5.56 Å². The molecule has 0 fully saturated rings. The Morgan fingerprint density at radius 2 is 2.19 bits per heavy atom. The molecule has 1 aliphatic rings. The van der Waals surface area contributed by atoms with Gasteiger partial charge in [-0.3, -0.25) is 4.79 Å². The van der Waals surface area contributed by atoms with E-state index in [1.165, 1.54) is 11.8 Å². The van der Waals surface area contributed by atoms with Gasteiger partial charge in [-0.1, -0.05) is 18.2 Å². The molecule has 0 atom stereocenters. The molecule has 134 valence electrons. The van der Waals surface area contributed by atoms with E-state index >= 15 is 0 Å². The van der Waals surface area contributed by atoms with Crippen molar-refractivity contribution in [2.24, 2.45) is 0 Å². The fourth-order valence-corrected chi connectivity index (χ4v) is 4.25. The monoisotopic (exact) mass is 369 g/mol. The van der Waals surface area contributed by atoms with Gasteiger partial charge in [-0.2, -0.15) is 0 Å². The van der Waals surface area contributed by atoms with E-state index in [0.717, 1.165) is 22.1 Å². The number of hydrogen-bond donors (Lipinski definition) is 1. The SMILES string of the molecule is COCC(=O)N1CCOc2c(O)cc(-c3csc4ccccc34)cc2C1. The first kappa shape index (κ1) is 16.9. The van der Waals surface area contributed by atoms with Crippen LogP contribution in [0.25, 0.3) is 21.2 Å². The lowest BCUT2D eigenvalue weighted by atomic mass is 10.0. The number of fused-ring (bicyclic) bond motifs is 2. The Kier molecular flexibility index (Phi) is 4.53. The second kappa shape index (κ2) is 6.97. The molecule has 0 aliphatic carbocycles. The number of thiophene rings is 1. The number of nitrogens with zero attached hydrogens (tertiary/aromatic N) is 1. The summed E-state index contributed by atoms with van der Waals surface area (Å²) in [7, 11) is 1.51. The minimum Gasteiger partial charge on any atom is -0.504 e. The number of rotatable bonds is 3. The normalized spacial score (nSPS) is 14.0. The van der Waals surface area contributed by atoms with Crippen molar-refractivity contribution < 1.29 is 19.4 Å². The van der Waals surface area contributed by atoms with E-state index in [1.54, 1.807) is 22.3 Å². The summed E-state index contributed by atoms with van der Waals surface area (Å²) in [6.45, 7) is 1.24. The molecule has 1 amide bonds. The maximum atomic E-state index is 12.2. The first-order valence-electron chi connectivity index (χ1n) is 8.39. The molecule has 0 bridgehead atoms. The number of aromatic hydroxyl groups is 1. The molecule has 0 saturated heterocycles. The van der Waals surface area contributed by atoms with E-state index in [2.05, 4.69) is 17.5 Å². The predicted octanol–water partition coefficient (Wildman–Crippen LogP) is 3.64. The van der Waals surface area contributed by atoms with Gasteiger partial charge in [0.2, 0.25) is 5.91 Å². The van der Waals surface area contributed by atoms with E-state index in [1.807, 2.05) is 18.2 Å². The average molecular weight is 369 g/mol. The van der Waals surface area contributed by atoms with Crippen LogP contribution in [0, 0.1) is 0 Å². The Bertz CT molecular complexity index is 966. The Morgan fingerprint density at radius 3 is 3.04 bits per heavy atom. The molecule has 3 aromatic rings. The minimum absolute atomic E-state index is 0.0379. The van der Waals surface area contributed by atoms with Gasteiger partial charge >= 0.3 is 0 Å². The van der Waals surface area contributed by atoms with Crippen molar-refractivity contribution in [3.05, 3.63) is 47.3 Å². The summed E-state index contributed by atoms with van der Waals surface area (Å²) in [6, 6.07) is 11.9. The topological polar surface area (TPSA) is 59.0 Å². The third kappa shape index (κ3) is 3.02. The summed E-state index contributed by atoms with van der Waals surface area (Å²) in [4.78, 5) is 13.9. The van der Waals surface area contributed by atoms with Gasteiger partial charge in [-0.25, -0.2) is 0 Å². The van der Waals surface area contributed by atoms with Gasteiger partial charge in [0.05, 0.1) is 6.54 Å². The molecule has 1 N–H and O–H groups in total. The highest BCUT2D eigenvalue weighted by atomic mass is 32.1. The standard InChI is InChI=1S/C20H19NO4S/c1-24-11-19(23)21-6-7-25-20-14(10-21)8-13(9-17(20)22)16-12-26-18-5-3-2-4-15(16)18/h2-5,8-9,12,22H,6-7,10-11H2,1H3. The van der Waals surface area contributed by atoms with Gasteiger partial charge in [-0.15, -0.1) is 11.3 Å². The summed E-state index contributed by atoms with van der Waals surface area (Å²) >= 11 is 1.67. The smallest absolute Gasteiger partial charge is 0.248 e. The Hall–Kier alpha value is -2.57. The van der Waals surface area contributed by atoms with Crippen molar-refractivity contribution in [3.8, 4) is 22.6 Å². The van der Waals surface area contributed by atoms with Crippen LogP contribution in [-0.2, 0) is 16.1 Å². The number of phenolic OH excluding ortho intramolecular Hbond substituents is 1. The molecule has 2 aromatic carbocycles. The number of phenols is 1. The molecule has 0 unspecified atom stereocenters. The van der Waals surface area contributed by atoms with Crippen LogP contribution < -0.4 is 4.74 Å². The lowest BCUT2D eigenvalue weighted by molar-refractivity contribution is -0.135. The Balaban J connectivity index is 1.76. The first-order chi connectivity index (χ1) is 12.7. The van der Waals surface area contributed by atoms with E-state index in [0.29, 0.717) is 25.4 Å². The van der Waals surface area contributed by atoms with Crippen LogP contribution in [-0.4, -0.2) is 42.8 Å². The average Bonchev–Trinajstić information content (AvgIpc) is 2.94. The van der Waals surface area contributed by atoms with Crippen LogP contribution in [0.3, 0.4) is 0 Å². The van der Waals surface area contributed by atoms with Gasteiger partial charge < -0.3 is 19.5 Å². The maximum absolute atomic E-state index is 12.2. The lowest BCUT2D eigenvalue weighted by Crippen LogP contribution is -2.34. The third-order valence-electron chi connectivity index (χ3n) is 4.53. The number of carbonyl (C=O) groups is 1. The van der Waals surface area contributed by atoms with Crippen LogP contribution in [0.4, 0.5) is 0 Å². The Labute approximate surface area is 155 Å². The molecule has 0 spiro atoms. The van der Waals surface area contributed by atoms with Crippen LogP contribution >= 0.6 is 11.3 Å². The molecule has 5 nitrogen and oxygen atoms in total. The summed E-state index contributed by atoms with van der Waals surface area (Å²) < 4.78 is 11.9. The largest absolute Gasteiger partial charge is 0.504 e. The van der Waals surface area contributed by atoms with Gasteiger partial charge in [0.25, 0.3) is 0 Å².